The van der Waals surface area contributed by atoms with Gasteiger partial charge in [-0.2, -0.15) is 0 Å². The highest BCUT2D eigenvalue weighted by Crippen LogP contribution is 2.60. The molecule has 0 bridgehead atoms. The first-order valence-electron chi connectivity index (χ1n) is 11.0. The molecule has 8 heteroatoms. The van der Waals surface area contributed by atoms with Crippen molar-refractivity contribution in [2.45, 2.75) is 56.5 Å². The van der Waals surface area contributed by atoms with E-state index in [9.17, 15) is 14.7 Å². The van der Waals surface area contributed by atoms with E-state index in [0.29, 0.717) is 30.8 Å². The van der Waals surface area contributed by atoms with Crippen LogP contribution in [0.25, 0.3) is 0 Å². The molecule has 0 aromatic heterocycles. The van der Waals surface area contributed by atoms with Gasteiger partial charge in [0.05, 0.1) is 11.8 Å². The fourth-order valence-electron chi connectivity index (χ4n) is 5.83. The third kappa shape index (κ3) is 3.27. The van der Waals surface area contributed by atoms with Crippen molar-refractivity contribution in [3.63, 3.8) is 0 Å². The predicted octanol–water partition coefficient (Wildman–Crippen LogP) is 3.50. The molecule has 1 N–H and O–H groups in total. The van der Waals surface area contributed by atoms with E-state index in [-0.39, 0.29) is 24.8 Å². The van der Waals surface area contributed by atoms with Gasteiger partial charge < -0.3 is 23.8 Å². The maximum atomic E-state index is 15.5. The standard InChI is InChI=1S/C23H31FN2O4Si/c1-5-11-26-18-9-8-16(25-12-6-7-20(25)28)14-17(18)23(22(26)29)15(2)21(31(3,4)24)19(30-23)10-13-27/h5,8-9,14-15,19,21,27H,1,6-7,10-13H2,2-4H3/t15-,19+,21-,23+/m1/s1. The van der Waals surface area contributed by atoms with Gasteiger partial charge in [-0.1, -0.05) is 13.0 Å². The third-order valence-electron chi connectivity index (χ3n) is 7.05. The highest BCUT2D eigenvalue weighted by molar-refractivity contribution is 6.72. The number of halogens is 1. The summed E-state index contributed by atoms with van der Waals surface area (Å²) in [5.41, 5.74) is 0.389. The Morgan fingerprint density at radius 3 is 2.71 bits per heavy atom. The second kappa shape index (κ2) is 7.83. The zero-order valence-electron chi connectivity index (χ0n) is 18.4. The first kappa shape index (κ1) is 22.2. The fourth-order valence-corrected chi connectivity index (χ4v) is 8.37. The Labute approximate surface area is 183 Å². The van der Waals surface area contributed by atoms with Crippen LogP contribution in [0.5, 0.6) is 0 Å². The number of anilines is 2. The van der Waals surface area contributed by atoms with Crippen LogP contribution < -0.4 is 9.80 Å². The lowest BCUT2D eigenvalue weighted by Gasteiger charge is -2.31. The van der Waals surface area contributed by atoms with Crippen molar-refractivity contribution in [2.75, 3.05) is 29.5 Å². The number of hydrogen-bond acceptors (Lipinski definition) is 4. The molecule has 2 fully saturated rings. The second-order valence-corrected chi connectivity index (χ2v) is 13.1. The van der Waals surface area contributed by atoms with Crippen LogP contribution in [0, 0.1) is 5.92 Å². The van der Waals surface area contributed by atoms with Crippen molar-refractivity contribution >= 4 is 31.6 Å². The summed E-state index contributed by atoms with van der Waals surface area (Å²) >= 11 is 0. The summed E-state index contributed by atoms with van der Waals surface area (Å²) in [4.78, 5) is 29.5. The van der Waals surface area contributed by atoms with Gasteiger partial charge in [-0.25, -0.2) is 0 Å². The van der Waals surface area contributed by atoms with Gasteiger partial charge in [-0.15, -0.1) is 6.58 Å². The smallest absolute Gasteiger partial charge is 0.264 e. The van der Waals surface area contributed by atoms with Crippen molar-refractivity contribution < 1.29 is 23.5 Å². The van der Waals surface area contributed by atoms with Gasteiger partial charge in [0.2, 0.25) is 14.3 Å². The van der Waals surface area contributed by atoms with Crippen LogP contribution in [0.1, 0.15) is 31.7 Å². The fraction of sp³-hybridized carbons (Fsp3) is 0.565. The van der Waals surface area contributed by atoms with Gasteiger partial charge in [0.1, 0.15) is 0 Å². The van der Waals surface area contributed by atoms with Crippen LogP contribution in [0.4, 0.5) is 15.5 Å². The number of rotatable bonds is 6. The number of ether oxygens (including phenoxy) is 1. The molecule has 4 rings (SSSR count). The van der Waals surface area contributed by atoms with E-state index in [4.69, 9.17) is 4.74 Å². The minimum absolute atomic E-state index is 0.0648. The summed E-state index contributed by atoms with van der Waals surface area (Å²) in [5, 5.41) is 9.60. The van der Waals surface area contributed by atoms with Crippen molar-refractivity contribution in [1.29, 1.82) is 0 Å². The highest BCUT2D eigenvalue weighted by Gasteiger charge is 2.66. The van der Waals surface area contributed by atoms with Crippen LogP contribution in [-0.4, -0.2) is 51.1 Å². The SMILES string of the molecule is C=CCN1C(=O)[C@@]2(O[C@@H](CCO)[C@H]([Si](C)(C)F)[C@H]2C)c2cc(N3CCCC3=O)ccc21. The number of hydrogen-bond donors (Lipinski definition) is 1. The molecular weight excluding hydrogens is 415 g/mol. The lowest BCUT2D eigenvalue weighted by Crippen LogP contribution is -2.45. The number of aliphatic hydroxyl groups is 1. The molecule has 2 saturated heterocycles. The summed E-state index contributed by atoms with van der Waals surface area (Å²) in [6.45, 7) is 9.79. The van der Waals surface area contributed by atoms with Gasteiger partial charge in [-0.05, 0) is 44.1 Å². The molecule has 3 aliphatic heterocycles. The second-order valence-electron chi connectivity index (χ2n) is 9.34. The number of nitrogens with zero attached hydrogens (tertiary/aromatic N) is 2. The molecule has 3 heterocycles. The Morgan fingerprint density at radius 2 is 2.13 bits per heavy atom. The normalized spacial score (nSPS) is 30.5. The summed E-state index contributed by atoms with van der Waals surface area (Å²) in [6.07, 6.45) is 2.72. The molecular formula is C23H31FN2O4Si. The van der Waals surface area contributed by atoms with Crippen LogP contribution in [0.15, 0.2) is 30.9 Å². The number of amides is 2. The van der Waals surface area contributed by atoms with Crippen LogP contribution in [0.3, 0.4) is 0 Å². The number of benzene rings is 1. The maximum absolute atomic E-state index is 15.5. The molecule has 1 spiro atoms. The molecule has 168 valence electrons. The molecule has 0 unspecified atom stereocenters. The predicted molar refractivity (Wildman–Crippen MR) is 120 cm³/mol. The third-order valence-corrected chi connectivity index (χ3v) is 9.51. The van der Waals surface area contributed by atoms with Gasteiger partial charge in [0, 0.05) is 48.8 Å². The molecule has 0 radical (unpaired) electrons. The van der Waals surface area contributed by atoms with Crippen LogP contribution >= 0.6 is 0 Å². The zero-order chi connectivity index (χ0) is 22.6. The van der Waals surface area contributed by atoms with E-state index in [1.54, 1.807) is 29.0 Å². The Morgan fingerprint density at radius 1 is 1.39 bits per heavy atom. The molecule has 3 aliphatic rings. The van der Waals surface area contributed by atoms with E-state index in [2.05, 4.69) is 6.58 Å². The topological polar surface area (TPSA) is 70.1 Å². The van der Waals surface area contributed by atoms with Gasteiger partial charge in [0.15, 0.2) is 5.60 Å². The van der Waals surface area contributed by atoms with E-state index in [0.717, 1.165) is 12.1 Å². The molecule has 2 amide bonds. The van der Waals surface area contributed by atoms with E-state index >= 15 is 4.11 Å². The number of aliphatic hydroxyl groups excluding tert-OH is 1. The largest absolute Gasteiger partial charge is 0.396 e. The van der Waals surface area contributed by atoms with Gasteiger partial charge in [0.25, 0.3) is 5.91 Å². The quantitative estimate of drug-likeness (QED) is 0.413. The lowest BCUT2D eigenvalue weighted by molar-refractivity contribution is -0.146. The molecule has 0 aliphatic carbocycles. The summed E-state index contributed by atoms with van der Waals surface area (Å²) in [5.74, 6) is -0.556. The Hall–Kier alpha value is -2.03. The summed E-state index contributed by atoms with van der Waals surface area (Å²) < 4.78 is 21.9. The number of carbonyl (C=O) groups is 2. The summed E-state index contributed by atoms with van der Waals surface area (Å²) in [7, 11) is -3.21. The molecule has 6 nitrogen and oxygen atoms in total. The van der Waals surface area contributed by atoms with Crippen molar-refractivity contribution in [1.82, 2.24) is 0 Å². The number of fused-ring (bicyclic) bond motifs is 2. The Balaban J connectivity index is 1.87. The molecule has 1 aromatic carbocycles. The summed E-state index contributed by atoms with van der Waals surface area (Å²) in [6, 6.07) is 5.59. The maximum Gasteiger partial charge on any atom is 0.264 e. The molecule has 31 heavy (non-hydrogen) atoms. The Kier molecular flexibility index (Phi) is 5.60. The van der Waals surface area contributed by atoms with Crippen molar-refractivity contribution in [2.24, 2.45) is 5.92 Å². The highest BCUT2D eigenvalue weighted by atomic mass is 28.4. The first-order valence-corrected chi connectivity index (χ1v) is 14.0. The number of carbonyl (C=O) groups excluding carboxylic acids is 2. The van der Waals surface area contributed by atoms with Crippen LogP contribution in [0.2, 0.25) is 18.6 Å². The Bertz CT molecular complexity index is 917. The molecule has 1 aromatic rings. The molecule has 4 atom stereocenters. The minimum Gasteiger partial charge on any atom is -0.396 e. The van der Waals surface area contributed by atoms with Crippen molar-refractivity contribution in [3.05, 3.63) is 36.4 Å². The van der Waals surface area contributed by atoms with E-state index < -0.39 is 31.6 Å². The van der Waals surface area contributed by atoms with Gasteiger partial charge in [-0.3, -0.25) is 9.59 Å². The first-order chi connectivity index (χ1) is 14.7. The average molecular weight is 447 g/mol. The van der Waals surface area contributed by atoms with Crippen LogP contribution in [-0.2, 0) is 19.9 Å². The lowest BCUT2D eigenvalue weighted by atomic mass is 9.82. The monoisotopic (exact) mass is 446 g/mol. The van der Waals surface area contributed by atoms with E-state index in [1.165, 1.54) is 0 Å². The van der Waals surface area contributed by atoms with Crippen molar-refractivity contribution in [3.8, 4) is 0 Å². The minimum atomic E-state index is -3.21. The van der Waals surface area contributed by atoms with E-state index in [1.807, 2.05) is 25.1 Å². The average Bonchev–Trinajstić information content (AvgIpc) is 3.32. The molecule has 0 saturated carbocycles. The zero-order valence-corrected chi connectivity index (χ0v) is 19.4. The van der Waals surface area contributed by atoms with Gasteiger partial charge >= 0.3 is 0 Å².